The summed E-state index contributed by atoms with van der Waals surface area (Å²) in [5.74, 6) is 1.15. The minimum atomic E-state index is -0.399. The summed E-state index contributed by atoms with van der Waals surface area (Å²) in [5.41, 5.74) is 4.86. The maximum absolute atomic E-state index is 12.0. The lowest BCUT2D eigenvalue weighted by Gasteiger charge is -2.15. The molecule has 2 rings (SSSR count). The van der Waals surface area contributed by atoms with Crippen molar-refractivity contribution in [1.82, 2.24) is 5.43 Å². The molecular weight excluding hydrogens is 412 g/mol. The Balaban J connectivity index is 1.98. The highest BCUT2D eigenvalue weighted by molar-refractivity contribution is 9.10. The molecule has 0 aliphatic carbocycles. The number of nitrogens with one attached hydrogen (secondary N) is 1. The van der Waals surface area contributed by atoms with E-state index in [9.17, 15) is 9.90 Å². The van der Waals surface area contributed by atoms with E-state index >= 15 is 0 Å². The van der Waals surface area contributed by atoms with Crippen LogP contribution in [-0.4, -0.2) is 30.9 Å². The van der Waals surface area contributed by atoms with Gasteiger partial charge in [0.2, 0.25) is 0 Å². The van der Waals surface area contributed by atoms with Gasteiger partial charge in [-0.3, -0.25) is 4.79 Å². The number of phenols is 1. The molecule has 0 saturated carbocycles. The molecule has 27 heavy (non-hydrogen) atoms. The molecule has 0 unspecified atom stereocenters. The van der Waals surface area contributed by atoms with E-state index in [4.69, 9.17) is 9.47 Å². The zero-order chi connectivity index (χ0) is 20.0. The highest BCUT2D eigenvalue weighted by Crippen LogP contribution is 2.32. The van der Waals surface area contributed by atoms with E-state index in [1.807, 2.05) is 19.1 Å². The summed E-state index contributed by atoms with van der Waals surface area (Å²) >= 11 is 3.52. The standard InChI is InChI=1S/C20H23BrN2O4/c1-12(2)16-9-17(21)13(3)7-19(16)27-11-20(25)23-22-10-14-8-15(26-4)5-6-18(14)24/h5-10,12,24H,11H2,1-4H3,(H,23,25)/b22-10+. The number of hydrogen-bond acceptors (Lipinski definition) is 5. The molecule has 0 heterocycles. The first kappa shape index (κ1) is 20.8. The van der Waals surface area contributed by atoms with Gasteiger partial charge >= 0.3 is 0 Å². The van der Waals surface area contributed by atoms with Gasteiger partial charge in [-0.05, 0) is 54.3 Å². The second kappa shape index (κ2) is 9.41. The van der Waals surface area contributed by atoms with E-state index in [1.54, 1.807) is 12.1 Å². The number of hydrogen-bond donors (Lipinski definition) is 2. The van der Waals surface area contributed by atoms with Gasteiger partial charge in [0, 0.05) is 10.0 Å². The Morgan fingerprint density at radius 3 is 2.74 bits per heavy atom. The fourth-order valence-corrected chi connectivity index (χ4v) is 2.72. The third kappa shape index (κ3) is 5.72. The lowest BCUT2D eigenvalue weighted by Crippen LogP contribution is -2.25. The van der Waals surface area contributed by atoms with E-state index < -0.39 is 5.91 Å². The van der Waals surface area contributed by atoms with Crippen LogP contribution in [0, 0.1) is 6.92 Å². The molecule has 0 fully saturated rings. The maximum Gasteiger partial charge on any atom is 0.277 e. The maximum atomic E-state index is 12.0. The molecule has 0 atom stereocenters. The molecule has 144 valence electrons. The Labute approximate surface area is 167 Å². The summed E-state index contributed by atoms with van der Waals surface area (Å²) in [6.07, 6.45) is 1.35. The number of nitrogens with zero attached hydrogens (tertiary/aromatic N) is 1. The van der Waals surface area contributed by atoms with Crippen molar-refractivity contribution < 1.29 is 19.4 Å². The van der Waals surface area contributed by atoms with Crippen molar-refractivity contribution in [2.45, 2.75) is 26.7 Å². The summed E-state index contributed by atoms with van der Waals surface area (Å²) < 4.78 is 11.8. The van der Waals surface area contributed by atoms with Crippen LogP contribution in [0.15, 0.2) is 39.9 Å². The van der Waals surface area contributed by atoms with E-state index in [0.29, 0.717) is 17.1 Å². The normalized spacial score (nSPS) is 11.0. The molecule has 1 amide bonds. The van der Waals surface area contributed by atoms with Crippen LogP contribution < -0.4 is 14.9 Å². The van der Waals surface area contributed by atoms with E-state index in [-0.39, 0.29) is 18.3 Å². The molecule has 0 radical (unpaired) electrons. The van der Waals surface area contributed by atoms with Crippen LogP contribution in [0.5, 0.6) is 17.2 Å². The number of benzene rings is 2. The van der Waals surface area contributed by atoms with E-state index in [0.717, 1.165) is 15.6 Å². The molecule has 0 spiro atoms. The van der Waals surface area contributed by atoms with Crippen molar-refractivity contribution in [3.05, 3.63) is 51.5 Å². The predicted octanol–water partition coefficient (Wildman–Crippen LogP) is 4.12. The summed E-state index contributed by atoms with van der Waals surface area (Å²) in [5, 5.41) is 13.6. The van der Waals surface area contributed by atoms with E-state index in [2.05, 4.69) is 40.3 Å². The third-order valence-corrected chi connectivity index (χ3v) is 4.75. The number of methoxy groups -OCH3 is 1. The Kier molecular flexibility index (Phi) is 7.24. The van der Waals surface area contributed by atoms with Crippen molar-refractivity contribution >= 4 is 28.1 Å². The predicted molar refractivity (Wildman–Crippen MR) is 109 cm³/mol. The van der Waals surface area contributed by atoms with Crippen molar-refractivity contribution in [1.29, 1.82) is 0 Å². The smallest absolute Gasteiger partial charge is 0.277 e. The van der Waals surface area contributed by atoms with Gasteiger partial charge in [-0.2, -0.15) is 5.10 Å². The van der Waals surface area contributed by atoms with Crippen LogP contribution in [0.1, 0.15) is 36.5 Å². The highest BCUT2D eigenvalue weighted by Gasteiger charge is 2.12. The Hall–Kier alpha value is -2.54. The Bertz CT molecular complexity index is 850. The number of aryl methyl sites for hydroxylation is 1. The molecule has 0 saturated heterocycles. The number of phenolic OH excluding ortho intramolecular Hbond substituents is 1. The first-order valence-corrected chi connectivity index (χ1v) is 9.23. The summed E-state index contributed by atoms with van der Waals surface area (Å²) in [6.45, 7) is 5.93. The SMILES string of the molecule is COc1ccc(O)c(/C=N/NC(=O)COc2cc(C)c(Br)cc2C(C)C)c1. The van der Waals surface area contributed by atoms with Crippen LogP contribution in [0.25, 0.3) is 0 Å². The minimum absolute atomic E-state index is 0.0389. The molecule has 7 heteroatoms. The summed E-state index contributed by atoms with van der Waals surface area (Å²) in [7, 11) is 1.53. The number of halogens is 1. The summed E-state index contributed by atoms with van der Waals surface area (Å²) in [4.78, 5) is 12.0. The van der Waals surface area contributed by atoms with Gasteiger partial charge in [0.05, 0.1) is 13.3 Å². The van der Waals surface area contributed by atoms with Crippen LogP contribution in [0.3, 0.4) is 0 Å². The van der Waals surface area contributed by atoms with Gasteiger partial charge in [0.1, 0.15) is 17.2 Å². The monoisotopic (exact) mass is 434 g/mol. The quantitative estimate of drug-likeness (QED) is 0.507. The van der Waals surface area contributed by atoms with Gasteiger partial charge in [0.25, 0.3) is 5.91 Å². The molecule has 0 aliphatic heterocycles. The molecule has 2 aromatic rings. The van der Waals surface area contributed by atoms with Gasteiger partial charge in [-0.1, -0.05) is 29.8 Å². The lowest BCUT2D eigenvalue weighted by atomic mass is 10.0. The number of ether oxygens (including phenoxy) is 2. The Morgan fingerprint density at radius 2 is 2.07 bits per heavy atom. The van der Waals surface area contributed by atoms with Gasteiger partial charge in [-0.15, -0.1) is 0 Å². The number of carbonyl (C=O) groups is 1. The Morgan fingerprint density at radius 1 is 1.33 bits per heavy atom. The number of aromatic hydroxyl groups is 1. The average Bonchev–Trinajstić information content (AvgIpc) is 2.63. The largest absolute Gasteiger partial charge is 0.507 e. The van der Waals surface area contributed by atoms with Crippen LogP contribution in [0.2, 0.25) is 0 Å². The molecule has 2 aromatic carbocycles. The average molecular weight is 435 g/mol. The van der Waals surface area contributed by atoms with Crippen molar-refractivity contribution in [3.8, 4) is 17.2 Å². The van der Waals surface area contributed by atoms with Crippen molar-refractivity contribution in [2.24, 2.45) is 5.10 Å². The minimum Gasteiger partial charge on any atom is -0.507 e. The number of amides is 1. The summed E-state index contributed by atoms with van der Waals surface area (Å²) in [6, 6.07) is 8.66. The molecule has 0 bridgehead atoms. The number of hydrazone groups is 1. The highest BCUT2D eigenvalue weighted by atomic mass is 79.9. The fraction of sp³-hybridized carbons (Fsp3) is 0.300. The van der Waals surface area contributed by atoms with Gasteiger partial charge < -0.3 is 14.6 Å². The molecular formula is C20H23BrN2O4. The van der Waals surface area contributed by atoms with Crippen molar-refractivity contribution in [3.63, 3.8) is 0 Å². The zero-order valence-corrected chi connectivity index (χ0v) is 17.3. The molecule has 6 nitrogen and oxygen atoms in total. The second-order valence-electron chi connectivity index (χ2n) is 6.30. The van der Waals surface area contributed by atoms with Crippen LogP contribution in [0.4, 0.5) is 0 Å². The molecule has 0 aliphatic rings. The van der Waals surface area contributed by atoms with Crippen LogP contribution in [-0.2, 0) is 4.79 Å². The lowest BCUT2D eigenvalue weighted by molar-refractivity contribution is -0.123. The number of rotatable bonds is 7. The van der Waals surface area contributed by atoms with E-state index in [1.165, 1.54) is 19.4 Å². The first-order valence-electron chi connectivity index (χ1n) is 8.43. The topological polar surface area (TPSA) is 80.2 Å². The first-order chi connectivity index (χ1) is 12.8. The van der Waals surface area contributed by atoms with Gasteiger partial charge in [-0.25, -0.2) is 5.43 Å². The fourth-order valence-electron chi connectivity index (χ4n) is 2.36. The van der Waals surface area contributed by atoms with Gasteiger partial charge in [0.15, 0.2) is 6.61 Å². The zero-order valence-electron chi connectivity index (χ0n) is 15.7. The number of carbonyl (C=O) groups excluding carboxylic acids is 1. The third-order valence-electron chi connectivity index (χ3n) is 3.90. The second-order valence-corrected chi connectivity index (χ2v) is 7.15. The molecule has 2 N–H and O–H groups in total. The molecule has 0 aromatic heterocycles. The van der Waals surface area contributed by atoms with Crippen molar-refractivity contribution in [2.75, 3.05) is 13.7 Å². The van der Waals surface area contributed by atoms with Crippen LogP contribution >= 0.6 is 15.9 Å².